The lowest BCUT2D eigenvalue weighted by Crippen LogP contribution is -2.34. The summed E-state index contributed by atoms with van der Waals surface area (Å²) in [4.78, 5) is 6.00. The smallest absolute Gasteiger partial charge is 0.0456 e. The molecule has 1 aliphatic heterocycles. The standard InChI is InChI=1S/C21H23ClN2/c22-20-7-3-1-5-17(20)11-14-24-12-9-16(10-13-24)19-15-23-21-8-4-2-6-18(19)21/h1-8,15-16,23H,9-14H2. The first-order valence-corrected chi connectivity index (χ1v) is 9.21. The van der Waals surface area contributed by atoms with Crippen molar-refractivity contribution in [1.82, 2.24) is 9.88 Å². The van der Waals surface area contributed by atoms with E-state index in [2.05, 4.69) is 52.5 Å². The van der Waals surface area contributed by atoms with Gasteiger partial charge >= 0.3 is 0 Å². The van der Waals surface area contributed by atoms with E-state index in [0.29, 0.717) is 5.92 Å². The molecule has 0 radical (unpaired) electrons. The van der Waals surface area contributed by atoms with Gasteiger partial charge in [-0.05, 0) is 61.5 Å². The lowest BCUT2D eigenvalue weighted by Gasteiger charge is -2.32. The van der Waals surface area contributed by atoms with Crippen LogP contribution in [0.5, 0.6) is 0 Å². The highest BCUT2D eigenvalue weighted by atomic mass is 35.5. The van der Waals surface area contributed by atoms with E-state index in [9.17, 15) is 0 Å². The molecule has 0 atom stereocenters. The van der Waals surface area contributed by atoms with Crippen LogP contribution in [0, 0.1) is 0 Å². The number of hydrogen-bond acceptors (Lipinski definition) is 1. The van der Waals surface area contributed by atoms with Crippen LogP contribution in [-0.2, 0) is 6.42 Å². The maximum absolute atomic E-state index is 6.27. The van der Waals surface area contributed by atoms with Crippen LogP contribution in [0.3, 0.4) is 0 Å². The molecule has 3 heteroatoms. The molecule has 4 rings (SSSR count). The number of halogens is 1. The van der Waals surface area contributed by atoms with E-state index in [1.54, 1.807) is 0 Å². The molecular formula is C21H23ClN2. The van der Waals surface area contributed by atoms with Crippen molar-refractivity contribution >= 4 is 22.5 Å². The Bertz CT molecular complexity index is 815. The highest BCUT2D eigenvalue weighted by molar-refractivity contribution is 6.31. The SMILES string of the molecule is Clc1ccccc1CCN1CCC(c2c[nH]c3ccccc23)CC1. The Labute approximate surface area is 148 Å². The quantitative estimate of drug-likeness (QED) is 0.689. The van der Waals surface area contributed by atoms with Crippen molar-refractivity contribution in [2.75, 3.05) is 19.6 Å². The van der Waals surface area contributed by atoms with E-state index in [1.807, 2.05) is 12.1 Å². The Kier molecular flexibility index (Phi) is 4.59. The number of aromatic nitrogens is 1. The second-order valence-electron chi connectivity index (χ2n) is 6.75. The zero-order valence-corrected chi connectivity index (χ0v) is 14.6. The van der Waals surface area contributed by atoms with Gasteiger partial charge in [-0.2, -0.15) is 0 Å². The van der Waals surface area contributed by atoms with Crippen LogP contribution in [0.1, 0.15) is 29.9 Å². The van der Waals surface area contributed by atoms with Gasteiger partial charge in [0.25, 0.3) is 0 Å². The molecule has 1 saturated heterocycles. The fourth-order valence-electron chi connectivity index (χ4n) is 3.88. The maximum atomic E-state index is 6.27. The van der Waals surface area contributed by atoms with E-state index in [1.165, 1.54) is 48.0 Å². The van der Waals surface area contributed by atoms with Gasteiger partial charge in [0.05, 0.1) is 0 Å². The van der Waals surface area contributed by atoms with Crippen LogP contribution in [0.2, 0.25) is 5.02 Å². The molecular weight excluding hydrogens is 316 g/mol. The van der Waals surface area contributed by atoms with Gasteiger partial charge in [-0.1, -0.05) is 48.0 Å². The number of aromatic amines is 1. The Balaban J connectivity index is 1.36. The van der Waals surface area contributed by atoms with Crippen molar-refractivity contribution in [2.45, 2.75) is 25.2 Å². The van der Waals surface area contributed by atoms with Crippen molar-refractivity contribution in [3.05, 3.63) is 70.9 Å². The number of H-pyrrole nitrogens is 1. The van der Waals surface area contributed by atoms with Crippen LogP contribution >= 0.6 is 11.6 Å². The number of rotatable bonds is 4. The molecule has 24 heavy (non-hydrogen) atoms. The Morgan fingerprint density at radius 3 is 2.58 bits per heavy atom. The van der Waals surface area contributed by atoms with Gasteiger partial charge in [-0.3, -0.25) is 0 Å². The fraction of sp³-hybridized carbons (Fsp3) is 0.333. The van der Waals surface area contributed by atoms with Gasteiger partial charge in [0.1, 0.15) is 0 Å². The van der Waals surface area contributed by atoms with Gasteiger partial charge in [-0.15, -0.1) is 0 Å². The zero-order valence-electron chi connectivity index (χ0n) is 13.8. The molecule has 2 nitrogen and oxygen atoms in total. The van der Waals surface area contributed by atoms with E-state index >= 15 is 0 Å². The molecule has 2 aromatic carbocycles. The van der Waals surface area contributed by atoms with Crippen molar-refractivity contribution in [1.29, 1.82) is 0 Å². The van der Waals surface area contributed by atoms with Gasteiger partial charge < -0.3 is 9.88 Å². The van der Waals surface area contributed by atoms with Gasteiger partial charge in [-0.25, -0.2) is 0 Å². The first-order valence-electron chi connectivity index (χ1n) is 8.83. The van der Waals surface area contributed by atoms with E-state index < -0.39 is 0 Å². The lowest BCUT2D eigenvalue weighted by molar-refractivity contribution is 0.215. The second kappa shape index (κ2) is 7.00. The third kappa shape index (κ3) is 3.22. The first-order chi connectivity index (χ1) is 11.8. The predicted molar refractivity (Wildman–Crippen MR) is 102 cm³/mol. The summed E-state index contributed by atoms with van der Waals surface area (Å²) < 4.78 is 0. The molecule has 3 aromatic rings. The van der Waals surface area contributed by atoms with E-state index in [0.717, 1.165) is 18.0 Å². The normalized spacial score (nSPS) is 16.7. The van der Waals surface area contributed by atoms with Crippen LogP contribution in [0.15, 0.2) is 54.7 Å². The minimum absolute atomic E-state index is 0.678. The third-order valence-electron chi connectivity index (χ3n) is 5.30. The zero-order chi connectivity index (χ0) is 16.4. The summed E-state index contributed by atoms with van der Waals surface area (Å²) in [7, 11) is 0. The molecule has 2 heterocycles. The molecule has 124 valence electrons. The van der Waals surface area contributed by atoms with Gasteiger partial charge in [0.2, 0.25) is 0 Å². The Hall–Kier alpha value is -1.77. The molecule has 1 fully saturated rings. The summed E-state index contributed by atoms with van der Waals surface area (Å²) >= 11 is 6.27. The summed E-state index contributed by atoms with van der Waals surface area (Å²) in [5.41, 5.74) is 4.02. The van der Waals surface area contributed by atoms with Crippen LogP contribution in [0.4, 0.5) is 0 Å². The van der Waals surface area contributed by atoms with Crippen molar-refractivity contribution < 1.29 is 0 Å². The number of benzene rings is 2. The lowest BCUT2D eigenvalue weighted by atomic mass is 9.89. The predicted octanol–water partition coefficient (Wildman–Crippen LogP) is 5.24. The highest BCUT2D eigenvalue weighted by Gasteiger charge is 2.22. The van der Waals surface area contributed by atoms with Gasteiger partial charge in [0, 0.05) is 28.7 Å². The third-order valence-corrected chi connectivity index (χ3v) is 5.67. The summed E-state index contributed by atoms with van der Waals surface area (Å²) in [5.74, 6) is 0.678. The molecule has 0 spiro atoms. The maximum Gasteiger partial charge on any atom is 0.0456 e. The number of piperidine rings is 1. The average molecular weight is 339 g/mol. The molecule has 0 bridgehead atoms. The number of para-hydroxylation sites is 1. The molecule has 1 aromatic heterocycles. The molecule has 0 saturated carbocycles. The number of likely N-dealkylation sites (tertiary alicyclic amines) is 1. The van der Waals surface area contributed by atoms with Crippen molar-refractivity contribution in [3.8, 4) is 0 Å². The number of hydrogen-bond donors (Lipinski definition) is 1. The Morgan fingerprint density at radius 1 is 1.00 bits per heavy atom. The number of fused-ring (bicyclic) bond motifs is 1. The molecule has 1 aliphatic rings. The van der Waals surface area contributed by atoms with Gasteiger partial charge in [0.15, 0.2) is 0 Å². The van der Waals surface area contributed by atoms with Crippen LogP contribution in [0.25, 0.3) is 10.9 Å². The summed E-state index contributed by atoms with van der Waals surface area (Å²) in [6.45, 7) is 3.45. The summed E-state index contributed by atoms with van der Waals surface area (Å²) in [5, 5.41) is 2.29. The minimum Gasteiger partial charge on any atom is -0.361 e. The molecule has 1 N–H and O–H groups in total. The topological polar surface area (TPSA) is 19.0 Å². The summed E-state index contributed by atoms with van der Waals surface area (Å²) in [6.07, 6.45) is 5.74. The van der Waals surface area contributed by atoms with Crippen molar-refractivity contribution in [2.24, 2.45) is 0 Å². The second-order valence-corrected chi connectivity index (χ2v) is 7.15. The number of nitrogens with one attached hydrogen (secondary N) is 1. The largest absolute Gasteiger partial charge is 0.361 e. The monoisotopic (exact) mass is 338 g/mol. The Morgan fingerprint density at radius 2 is 1.75 bits per heavy atom. The van der Waals surface area contributed by atoms with Crippen LogP contribution < -0.4 is 0 Å². The average Bonchev–Trinajstić information content (AvgIpc) is 3.06. The fourth-order valence-corrected chi connectivity index (χ4v) is 4.11. The van der Waals surface area contributed by atoms with E-state index in [4.69, 9.17) is 11.6 Å². The molecule has 0 amide bonds. The highest BCUT2D eigenvalue weighted by Crippen LogP contribution is 2.33. The first kappa shape index (κ1) is 15.7. The summed E-state index contributed by atoms with van der Waals surface area (Å²) in [6, 6.07) is 16.8. The number of nitrogens with zero attached hydrogens (tertiary/aromatic N) is 1. The van der Waals surface area contributed by atoms with Crippen LogP contribution in [-0.4, -0.2) is 29.5 Å². The van der Waals surface area contributed by atoms with E-state index in [-0.39, 0.29) is 0 Å². The molecule has 0 unspecified atom stereocenters. The molecule has 0 aliphatic carbocycles. The minimum atomic E-state index is 0.678. The van der Waals surface area contributed by atoms with Crippen molar-refractivity contribution in [3.63, 3.8) is 0 Å².